The molecule has 1 N–H and O–H groups in total. The van der Waals surface area contributed by atoms with Crippen LogP contribution in [-0.2, 0) is 6.42 Å². The van der Waals surface area contributed by atoms with Crippen LogP contribution >= 0.6 is 0 Å². The van der Waals surface area contributed by atoms with Gasteiger partial charge >= 0.3 is 0 Å². The SMILES string of the molecule is c1cnc(NCCc2nnc3ccccn23)nc1. The summed E-state index contributed by atoms with van der Waals surface area (Å²) in [6.45, 7) is 0.722. The van der Waals surface area contributed by atoms with E-state index in [9.17, 15) is 0 Å². The fraction of sp³-hybridized carbons (Fsp3) is 0.167. The van der Waals surface area contributed by atoms with Crippen molar-refractivity contribution in [2.24, 2.45) is 0 Å². The van der Waals surface area contributed by atoms with E-state index in [0.717, 1.165) is 24.4 Å². The molecule has 3 aromatic heterocycles. The molecule has 0 saturated heterocycles. The average molecular weight is 240 g/mol. The monoisotopic (exact) mass is 240 g/mol. The highest BCUT2D eigenvalue weighted by molar-refractivity contribution is 5.37. The summed E-state index contributed by atoms with van der Waals surface area (Å²) in [6.07, 6.45) is 6.15. The molecular formula is C12H12N6. The molecule has 3 aromatic rings. The van der Waals surface area contributed by atoms with Crippen LogP contribution in [0.5, 0.6) is 0 Å². The van der Waals surface area contributed by atoms with E-state index >= 15 is 0 Å². The molecule has 0 saturated carbocycles. The van der Waals surface area contributed by atoms with Gasteiger partial charge in [0.15, 0.2) is 5.65 Å². The molecular weight excluding hydrogens is 228 g/mol. The first-order valence-electron chi connectivity index (χ1n) is 5.73. The molecule has 0 atom stereocenters. The molecule has 3 rings (SSSR count). The minimum Gasteiger partial charge on any atom is -0.354 e. The first-order valence-corrected chi connectivity index (χ1v) is 5.73. The van der Waals surface area contributed by atoms with Crippen molar-refractivity contribution in [1.82, 2.24) is 24.6 Å². The van der Waals surface area contributed by atoms with E-state index in [1.54, 1.807) is 18.5 Å². The predicted molar refractivity (Wildman–Crippen MR) is 67.2 cm³/mol. The zero-order valence-electron chi connectivity index (χ0n) is 9.69. The fourth-order valence-corrected chi connectivity index (χ4v) is 1.74. The quantitative estimate of drug-likeness (QED) is 0.741. The van der Waals surface area contributed by atoms with Crippen LogP contribution in [0.3, 0.4) is 0 Å². The molecule has 0 aromatic carbocycles. The number of rotatable bonds is 4. The number of nitrogens with one attached hydrogen (secondary N) is 1. The largest absolute Gasteiger partial charge is 0.354 e. The molecule has 0 radical (unpaired) electrons. The molecule has 0 aliphatic rings. The fourth-order valence-electron chi connectivity index (χ4n) is 1.74. The Kier molecular flexibility index (Phi) is 2.83. The van der Waals surface area contributed by atoms with Gasteiger partial charge in [-0.15, -0.1) is 10.2 Å². The highest BCUT2D eigenvalue weighted by Crippen LogP contribution is 2.03. The van der Waals surface area contributed by atoms with Gasteiger partial charge in [0.05, 0.1) is 0 Å². The van der Waals surface area contributed by atoms with Crippen molar-refractivity contribution in [3.63, 3.8) is 0 Å². The lowest BCUT2D eigenvalue weighted by atomic mass is 10.4. The molecule has 0 amide bonds. The molecule has 3 heterocycles. The van der Waals surface area contributed by atoms with Gasteiger partial charge in [0.1, 0.15) is 5.82 Å². The van der Waals surface area contributed by atoms with Crippen LogP contribution in [0, 0.1) is 0 Å². The summed E-state index contributed by atoms with van der Waals surface area (Å²) in [7, 11) is 0. The molecule has 18 heavy (non-hydrogen) atoms. The minimum absolute atomic E-state index is 0.631. The van der Waals surface area contributed by atoms with Gasteiger partial charge in [0.25, 0.3) is 0 Å². The number of pyridine rings is 1. The van der Waals surface area contributed by atoms with Crippen molar-refractivity contribution in [3.8, 4) is 0 Å². The highest BCUT2D eigenvalue weighted by Gasteiger charge is 2.03. The molecule has 0 aliphatic heterocycles. The molecule has 90 valence electrons. The third-order valence-corrected chi connectivity index (χ3v) is 2.58. The summed E-state index contributed by atoms with van der Waals surface area (Å²) in [4.78, 5) is 8.19. The lowest BCUT2D eigenvalue weighted by Gasteiger charge is -2.02. The molecule has 0 aliphatic carbocycles. The van der Waals surface area contributed by atoms with E-state index in [-0.39, 0.29) is 0 Å². The topological polar surface area (TPSA) is 68.0 Å². The van der Waals surface area contributed by atoms with Crippen molar-refractivity contribution in [3.05, 3.63) is 48.7 Å². The summed E-state index contributed by atoms with van der Waals surface area (Å²) in [5.74, 6) is 1.56. The van der Waals surface area contributed by atoms with Crippen LogP contribution < -0.4 is 5.32 Å². The second-order valence-electron chi connectivity index (χ2n) is 3.79. The Morgan fingerprint density at radius 1 is 1.06 bits per heavy atom. The molecule has 0 fully saturated rings. The second kappa shape index (κ2) is 4.79. The van der Waals surface area contributed by atoms with Gasteiger partial charge < -0.3 is 5.32 Å². The molecule has 0 bridgehead atoms. The van der Waals surface area contributed by atoms with Crippen molar-refractivity contribution in [2.75, 3.05) is 11.9 Å². The normalized spacial score (nSPS) is 10.7. The van der Waals surface area contributed by atoms with Crippen molar-refractivity contribution in [1.29, 1.82) is 0 Å². The lowest BCUT2D eigenvalue weighted by Crippen LogP contribution is -2.09. The Morgan fingerprint density at radius 3 is 2.83 bits per heavy atom. The summed E-state index contributed by atoms with van der Waals surface area (Å²) < 4.78 is 1.98. The van der Waals surface area contributed by atoms with Crippen molar-refractivity contribution in [2.45, 2.75) is 6.42 Å². The van der Waals surface area contributed by atoms with Crippen LogP contribution in [0.15, 0.2) is 42.9 Å². The van der Waals surface area contributed by atoms with E-state index in [1.807, 2.05) is 28.8 Å². The van der Waals surface area contributed by atoms with Crippen LogP contribution in [-0.4, -0.2) is 31.1 Å². The second-order valence-corrected chi connectivity index (χ2v) is 3.79. The van der Waals surface area contributed by atoms with Gasteiger partial charge in [-0.2, -0.15) is 0 Å². The van der Waals surface area contributed by atoms with E-state index in [1.165, 1.54) is 0 Å². The van der Waals surface area contributed by atoms with E-state index in [2.05, 4.69) is 25.5 Å². The maximum atomic E-state index is 4.16. The number of hydrogen-bond acceptors (Lipinski definition) is 5. The Labute approximate surface area is 104 Å². The number of fused-ring (bicyclic) bond motifs is 1. The third-order valence-electron chi connectivity index (χ3n) is 2.58. The van der Waals surface area contributed by atoms with Crippen molar-refractivity contribution < 1.29 is 0 Å². The summed E-state index contributed by atoms with van der Waals surface area (Å²) in [6, 6.07) is 7.64. The van der Waals surface area contributed by atoms with Crippen molar-refractivity contribution >= 4 is 11.6 Å². The van der Waals surface area contributed by atoms with Gasteiger partial charge in [-0.05, 0) is 18.2 Å². The molecule has 0 unspecified atom stereocenters. The summed E-state index contributed by atoms with van der Waals surface area (Å²) >= 11 is 0. The van der Waals surface area contributed by atoms with Gasteiger partial charge in [0.2, 0.25) is 5.95 Å². The van der Waals surface area contributed by atoms with Crippen LogP contribution in [0.4, 0.5) is 5.95 Å². The van der Waals surface area contributed by atoms with E-state index in [0.29, 0.717) is 5.95 Å². The summed E-state index contributed by atoms with van der Waals surface area (Å²) in [5, 5.41) is 11.4. The Morgan fingerprint density at radius 2 is 1.94 bits per heavy atom. The van der Waals surface area contributed by atoms with Gasteiger partial charge in [-0.1, -0.05) is 6.07 Å². The first kappa shape index (κ1) is 10.6. The molecule has 6 nitrogen and oxygen atoms in total. The zero-order valence-corrected chi connectivity index (χ0v) is 9.69. The Bertz CT molecular complexity index is 633. The van der Waals surface area contributed by atoms with E-state index < -0.39 is 0 Å². The van der Waals surface area contributed by atoms with Gasteiger partial charge in [-0.3, -0.25) is 4.40 Å². The van der Waals surface area contributed by atoms with E-state index in [4.69, 9.17) is 0 Å². The van der Waals surface area contributed by atoms with Crippen LogP contribution in [0.1, 0.15) is 5.82 Å². The summed E-state index contributed by atoms with van der Waals surface area (Å²) in [5.41, 5.74) is 0.864. The average Bonchev–Trinajstić information content (AvgIpc) is 2.84. The number of aromatic nitrogens is 5. The third kappa shape index (κ3) is 2.13. The predicted octanol–water partition coefficient (Wildman–Crippen LogP) is 1.17. The maximum Gasteiger partial charge on any atom is 0.222 e. The number of hydrogen-bond donors (Lipinski definition) is 1. The number of nitrogens with zero attached hydrogens (tertiary/aromatic N) is 5. The zero-order chi connectivity index (χ0) is 12.2. The lowest BCUT2D eigenvalue weighted by molar-refractivity contribution is 0.863. The first-order chi connectivity index (χ1) is 8.93. The maximum absolute atomic E-state index is 4.16. The Balaban J connectivity index is 1.67. The minimum atomic E-state index is 0.631. The highest BCUT2D eigenvalue weighted by atomic mass is 15.2. The van der Waals surface area contributed by atoms with Crippen LogP contribution in [0.2, 0.25) is 0 Å². The van der Waals surface area contributed by atoms with Gasteiger partial charge in [-0.25, -0.2) is 9.97 Å². The Hall–Kier alpha value is -2.50. The number of anilines is 1. The molecule has 6 heteroatoms. The van der Waals surface area contributed by atoms with Crippen LogP contribution in [0.25, 0.3) is 5.65 Å². The standard InChI is InChI=1S/C12H12N6/c1-2-9-18-10(4-1)16-17-11(18)5-8-15-12-13-6-3-7-14-12/h1-4,6-7,9H,5,8H2,(H,13,14,15). The molecule has 0 spiro atoms. The smallest absolute Gasteiger partial charge is 0.222 e. The van der Waals surface area contributed by atoms with Gasteiger partial charge in [0, 0.05) is 31.6 Å².